The summed E-state index contributed by atoms with van der Waals surface area (Å²) < 4.78 is 0. The molecule has 0 atom stereocenters. The molecule has 0 heterocycles. The molecule has 2 aromatic carbocycles. The first kappa shape index (κ1) is 10.1. The molecular formula is C13H12ClN. The minimum absolute atomic E-state index is 0.735. The van der Waals surface area contributed by atoms with E-state index in [-0.39, 0.29) is 0 Å². The molecule has 0 aliphatic carbocycles. The van der Waals surface area contributed by atoms with Crippen molar-refractivity contribution in [3.63, 3.8) is 0 Å². The predicted octanol–water partition coefficient (Wildman–Crippen LogP) is 4.39. The number of aryl methyl sites for hydroxylation is 1. The summed E-state index contributed by atoms with van der Waals surface area (Å²) in [6, 6.07) is 15.9. The SMILES string of the molecule is Cc1cccc(Nc2ccccc2Cl)c1. The predicted molar refractivity (Wildman–Crippen MR) is 65.9 cm³/mol. The molecule has 2 rings (SSSR count). The molecule has 0 aromatic heterocycles. The van der Waals surface area contributed by atoms with Crippen molar-refractivity contribution in [3.05, 3.63) is 59.1 Å². The van der Waals surface area contributed by atoms with Crippen molar-refractivity contribution in [1.29, 1.82) is 0 Å². The van der Waals surface area contributed by atoms with Crippen LogP contribution >= 0.6 is 11.6 Å². The van der Waals surface area contributed by atoms with E-state index in [4.69, 9.17) is 11.6 Å². The number of anilines is 2. The van der Waals surface area contributed by atoms with E-state index in [1.165, 1.54) is 5.56 Å². The van der Waals surface area contributed by atoms with E-state index >= 15 is 0 Å². The molecule has 0 fully saturated rings. The lowest BCUT2D eigenvalue weighted by Crippen LogP contribution is -1.90. The Morgan fingerprint density at radius 3 is 2.53 bits per heavy atom. The Bertz CT molecular complexity index is 466. The highest BCUT2D eigenvalue weighted by atomic mass is 35.5. The van der Waals surface area contributed by atoms with Gasteiger partial charge in [0.15, 0.2) is 0 Å². The Balaban J connectivity index is 2.26. The Morgan fingerprint density at radius 2 is 1.80 bits per heavy atom. The third-order valence-corrected chi connectivity index (χ3v) is 2.50. The summed E-state index contributed by atoms with van der Waals surface area (Å²) >= 11 is 6.05. The lowest BCUT2D eigenvalue weighted by Gasteiger charge is -2.08. The zero-order valence-corrected chi connectivity index (χ0v) is 9.25. The molecular weight excluding hydrogens is 206 g/mol. The summed E-state index contributed by atoms with van der Waals surface area (Å²) in [7, 11) is 0. The molecule has 0 saturated carbocycles. The molecule has 76 valence electrons. The minimum atomic E-state index is 0.735. The molecule has 0 saturated heterocycles. The van der Waals surface area contributed by atoms with E-state index in [1.807, 2.05) is 36.4 Å². The molecule has 15 heavy (non-hydrogen) atoms. The summed E-state index contributed by atoms with van der Waals surface area (Å²) in [5.74, 6) is 0. The van der Waals surface area contributed by atoms with Crippen LogP contribution in [0.3, 0.4) is 0 Å². The molecule has 0 radical (unpaired) electrons. The Kier molecular flexibility index (Phi) is 2.93. The van der Waals surface area contributed by atoms with Gasteiger partial charge >= 0.3 is 0 Å². The van der Waals surface area contributed by atoms with Crippen LogP contribution in [0.4, 0.5) is 11.4 Å². The molecule has 0 bridgehead atoms. The van der Waals surface area contributed by atoms with Gasteiger partial charge in [-0.2, -0.15) is 0 Å². The van der Waals surface area contributed by atoms with E-state index < -0.39 is 0 Å². The van der Waals surface area contributed by atoms with Crippen LogP contribution < -0.4 is 5.32 Å². The number of nitrogens with one attached hydrogen (secondary N) is 1. The first-order valence-electron chi connectivity index (χ1n) is 4.84. The highest BCUT2D eigenvalue weighted by molar-refractivity contribution is 6.33. The smallest absolute Gasteiger partial charge is 0.0640 e. The van der Waals surface area contributed by atoms with Crippen LogP contribution in [0.5, 0.6) is 0 Å². The third-order valence-electron chi connectivity index (χ3n) is 2.17. The average Bonchev–Trinajstić information content (AvgIpc) is 2.22. The number of hydrogen-bond donors (Lipinski definition) is 1. The lowest BCUT2D eigenvalue weighted by atomic mass is 10.2. The fourth-order valence-electron chi connectivity index (χ4n) is 1.44. The summed E-state index contributed by atoms with van der Waals surface area (Å²) in [5.41, 5.74) is 3.22. The monoisotopic (exact) mass is 217 g/mol. The zero-order valence-electron chi connectivity index (χ0n) is 8.50. The van der Waals surface area contributed by atoms with E-state index in [2.05, 4.69) is 24.4 Å². The fourth-order valence-corrected chi connectivity index (χ4v) is 1.62. The molecule has 0 aliphatic rings. The first-order chi connectivity index (χ1) is 7.25. The highest BCUT2D eigenvalue weighted by Gasteiger charge is 1.98. The third kappa shape index (κ3) is 2.51. The van der Waals surface area contributed by atoms with Crippen molar-refractivity contribution in [2.75, 3.05) is 5.32 Å². The molecule has 0 amide bonds. The summed E-state index contributed by atoms with van der Waals surface area (Å²) in [4.78, 5) is 0. The maximum absolute atomic E-state index is 6.05. The van der Waals surface area contributed by atoms with Gasteiger partial charge < -0.3 is 5.32 Å². The quantitative estimate of drug-likeness (QED) is 0.787. The van der Waals surface area contributed by atoms with Crippen LogP contribution in [0.15, 0.2) is 48.5 Å². The standard InChI is InChI=1S/C13H12ClN/c1-10-5-4-6-11(9-10)15-13-8-3-2-7-12(13)14/h2-9,15H,1H3. The number of benzene rings is 2. The van der Waals surface area contributed by atoms with Crippen LogP contribution in [-0.2, 0) is 0 Å². The van der Waals surface area contributed by atoms with Crippen LogP contribution in [-0.4, -0.2) is 0 Å². The largest absolute Gasteiger partial charge is 0.354 e. The Hall–Kier alpha value is -1.47. The molecule has 2 aromatic rings. The van der Waals surface area contributed by atoms with Crippen molar-refractivity contribution >= 4 is 23.0 Å². The van der Waals surface area contributed by atoms with Crippen LogP contribution in [0.25, 0.3) is 0 Å². The van der Waals surface area contributed by atoms with Gasteiger partial charge in [0.2, 0.25) is 0 Å². The summed E-state index contributed by atoms with van der Waals surface area (Å²) in [5, 5.41) is 4.02. The minimum Gasteiger partial charge on any atom is -0.354 e. The number of halogens is 1. The lowest BCUT2D eigenvalue weighted by molar-refractivity contribution is 1.45. The van der Waals surface area contributed by atoms with Crippen LogP contribution in [0.1, 0.15) is 5.56 Å². The van der Waals surface area contributed by atoms with Gasteiger partial charge in [-0.1, -0.05) is 35.9 Å². The first-order valence-corrected chi connectivity index (χ1v) is 5.22. The molecule has 2 heteroatoms. The number of rotatable bonds is 2. The second-order valence-corrected chi connectivity index (χ2v) is 3.88. The Morgan fingerprint density at radius 1 is 1.00 bits per heavy atom. The van der Waals surface area contributed by atoms with Gasteiger partial charge in [0.25, 0.3) is 0 Å². The van der Waals surface area contributed by atoms with Gasteiger partial charge in [-0.25, -0.2) is 0 Å². The molecule has 0 spiro atoms. The maximum Gasteiger partial charge on any atom is 0.0640 e. The van der Waals surface area contributed by atoms with Crippen molar-refractivity contribution in [2.45, 2.75) is 6.92 Å². The van der Waals surface area contributed by atoms with Gasteiger partial charge in [0.1, 0.15) is 0 Å². The van der Waals surface area contributed by atoms with Gasteiger partial charge in [-0.3, -0.25) is 0 Å². The van der Waals surface area contributed by atoms with E-state index in [1.54, 1.807) is 0 Å². The van der Waals surface area contributed by atoms with Gasteiger partial charge in [0, 0.05) is 5.69 Å². The van der Waals surface area contributed by atoms with Crippen molar-refractivity contribution in [3.8, 4) is 0 Å². The second-order valence-electron chi connectivity index (χ2n) is 3.47. The molecule has 0 unspecified atom stereocenters. The van der Waals surface area contributed by atoms with E-state index in [0.29, 0.717) is 0 Å². The van der Waals surface area contributed by atoms with Gasteiger partial charge in [-0.05, 0) is 36.8 Å². The zero-order chi connectivity index (χ0) is 10.7. The van der Waals surface area contributed by atoms with E-state index in [0.717, 1.165) is 16.4 Å². The number of hydrogen-bond acceptors (Lipinski definition) is 1. The van der Waals surface area contributed by atoms with E-state index in [9.17, 15) is 0 Å². The fraction of sp³-hybridized carbons (Fsp3) is 0.0769. The van der Waals surface area contributed by atoms with Crippen molar-refractivity contribution in [1.82, 2.24) is 0 Å². The van der Waals surface area contributed by atoms with Crippen LogP contribution in [0.2, 0.25) is 5.02 Å². The average molecular weight is 218 g/mol. The van der Waals surface area contributed by atoms with Crippen LogP contribution in [0, 0.1) is 6.92 Å². The molecule has 1 nitrogen and oxygen atoms in total. The van der Waals surface area contributed by atoms with Gasteiger partial charge in [-0.15, -0.1) is 0 Å². The Labute approximate surface area is 94.7 Å². The topological polar surface area (TPSA) is 12.0 Å². The van der Waals surface area contributed by atoms with Gasteiger partial charge in [0.05, 0.1) is 10.7 Å². The normalized spacial score (nSPS) is 10.0. The second kappa shape index (κ2) is 4.37. The molecule has 0 aliphatic heterocycles. The summed E-state index contributed by atoms with van der Waals surface area (Å²) in [6.07, 6.45) is 0. The maximum atomic E-state index is 6.05. The molecule has 1 N–H and O–H groups in total. The number of para-hydroxylation sites is 1. The highest BCUT2D eigenvalue weighted by Crippen LogP contribution is 2.24. The van der Waals surface area contributed by atoms with Crippen molar-refractivity contribution in [2.24, 2.45) is 0 Å². The summed E-state index contributed by atoms with van der Waals surface area (Å²) in [6.45, 7) is 2.07. The van der Waals surface area contributed by atoms with Crippen molar-refractivity contribution < 1.29 is 0 Å².